The van der Waals surface area contributed by atoms with Gasteiger partial charge in [0.15, 0.2) is 11.6 Å². The van der Waals surface area contributed by atoms with E-state index >= 15 is 0 Å². The fourth-order valence-electron chi connectivity index (χ4n) is 1.91. The summed E-state index contributed by atoms with van der Waals surface area (Å²) in [6.45, 7) is 0. The number of carbonyl (C=O) groups is 1. The number of anilines is 1. The fourth-order valence-corrected chi connectivity index (χ4v) is 2.61. The highest BCUT2D eigenvalue weighted by molar-refractivity contribution is 6.37. The molecule has 0 aliphatic rings. The Kier molecular flexibility index (Phi) is 4.52. The number of nitrogens with one attached hydrogen (secondary N) is 1. The SMILES string of the molecule is O=C(Nc1ccn(-c2ncccc2Cl)n1)c1ccc(Cl)cc1Cl. The highest BCUT2D eigenvalue weighted by atomic mass is 35.5. The van der Waals surface area contributed by atoms with Gasteiger partial charge in [-0.1, -0.05) is 34.8 Å². The number of amides is 1. The van der Waals surface area contributed by atoms with Crippen molar-refractivity contribution in [2.75, 3.05) is 5.32 Å². The maximum Gasteiger partial charge on any atom is 0.258 e. The Hall–Kier alpha value is -2.08. The molecule has 0 fully saturated rings. The second-order valence-electron chi connectivity index (χ2n) is 4.53. The van der Waals surface area contributed by atoms with Crippen molar-refractivity contribution >= 4 is 46.5 Å². The molecule has 0 radical (unpaired) electrons. The number of carbonyl (C=O) groups excluding carboxylic acids is 1. The van der Waals surface area contributed by atoms with Gasteiger partial charge in [0.25, 0.3) is 5.91 Å². The molecule has 8 heteroatoms. The first kappa shape index (κ1) is 15.8. The summed E-state index contributed by atoms with van der Waals surface area (Å²) < 4.78 is 1.47. The zero-order valence-corrected chi connectivity index (χ0v) is 13.8. The highest BCUT2D eigenvalue weighted by Gasteiger charge is 2.13. The molecule has 0 unspecified atom stereocenters. The lowest BCUT2D eigenvalue weighted by Crippen LogP contribution is -2.13. The largest absolute Gasteiger partial charge is 0.305 e. The van der Waals surface area contributed by atoms with Crippen LogP contribution < -0.4 is 5.32 Å². The standard InChI is InChI=1S/C15H9Cl3N4O/c16-9-3-4-10(12(18)8-9)15(23)20-13-5-7-22(21-13)14-11(17)2-1-6-19-14/h1-8H,(H,20,21,23). The number of rotatable bonds is 3. The molecule has 0 saturated carbocycles. The molecule has 0 spiro atoms. The van der Waals surface area contributed by atoms with Gasteiger partial charge >= 0.3 is 0 Å². The van der Waals surface area contributed by atoms with Gasteiger partial charge in [0, 0.05) is 23.5 Å². The molecule has 0 aliphatic heterocycles. The third-order valence-corrected chi connectivity index (χ3v) is 3.81. The lowest BCUT2D eigenvalue weighted by Gasteiger charge is -2.05. The van der Waals surface area contributed by atoms with E-state index in [-0.39, 0.29) is 10.9 Å². The van der Waals surface area contributed by atoms with E-state index in [1.807, 2.05) is 0 Å². The molecule has 1 aromatic carbocycles. The maximum absolute atomic E-state index is 12.2. The van der Waals surface area contributed by atoms with Crippen LogP contribution in [0, 0.1) is 0 Å². The van der Waals surface area contributed by atoms with Crippen molar-refractivity contribution < 1.29 is 4.79 Å². The van der Waals surface area contributed by atoms with E-state index < -0.39 is 0 Å². The molecule has 23 heavy (non-hydrogen) atoms. The van der Waals surface area contributed by atoms with Crippen LogP contribution >= 0.6 is 34.8 Å². The minimum atomic E-state index is -0.385. The Morgan fingerprint density at radius 2 is 1.91 bits per heavy atom. The summed E-state index contributed by atoms with van der Waals surface area (Å²) in [6, 6.07) is 9.70. The number of hydrogen-bond donors (Lipinski definition) is 1. The maximum atomic E-state index is 12.2. The molecule has 5 nitrogen and oxygen atoms in total. The predicted molar refractivity (Wildman–Crippen MR) is 90.8 cm³/mol. The molecule has 0 aliphatic carbocycles. The Morgan fingerprint density at radius 3 is 2.65 bits per heavy atom. The number of benzene rings is 1. The molecule has 0 bridgehead atoms. The van der Waals surface area contributed by atoms with Gasteiger partial charge in [-0.25, -0.2) is 9.67 Å². The Morgan fingerprint density at radius 1 is 1.09 bits per heavy atom. The third-order valence-electron chi connectivity index (χ3n) is 2.96. The topological polar surface area (TPSA) is 59.8 Å². The Bertz CT molecular complexity index is 879. The van der Waals surface area contributed by atoms with Gasteiger partial charge in [-0.15, -0.1) is 5.10 Å². The van der Waals surface area contributed by atoms with Gasteiger partial charge in [-0.3, -0.25) is 4.79 Å². The molecule has 3 aromatic rings. The highest BCUT2D eigenvalue weighted by Crippen LogP contribution is 2.22. The van der Waals surface area contributed by atoms with Crippen LogP contribution in [-0.4, -0.2) is 20.7 Å². The van der Waals surface area contributed by atoms with E-state index in [1.54, 1.807) is 42.7 Å². The molecule has 3 rings (SSSR count). The molecular weight excluding hydrogens is 359 g/mol. The van der Waals surface area contributed by atoms with Crippen LogP contribution in [0.15, 0.2) is 48.8 Å². The Labute approximate surface area is 146 Å². The van der Waals surface area contributed by atoms with E-state index in [0.717, 1.165) is 0 Å². The number of hydrogen-bond acceptors (Lipinski definition) is 3. The van der Waals surface area contributed by atoms with Crippen LogP contribution in [0.3, 0.4) is 0 Å². The van der Waals surface area contributed by atoms with Crippen molar-refractivity contribution in [3.05, 3.63) is 69.4 Å². The van der Waals surface area contributed by atoms with Gasteiger partial charge in [0.05, 0.1) is 15.6 Å². The van der Waals surface area contributed by atoms with Gasteiger partial charge in [-0.2, -0.15) is 0 Å². The monoisotopic (exact) mass is 366 g/mol. The fraction of sp³-hybridized carbons (Fsp3) is 0. The second kappa shape index (κ2) is 6.58. The summed E-state index contributed by atoms with van der Waals surface area (Å²) in [5.41, 5.74) is 0.307. The zero-order chi connectivity index (χ0) is 16.4. The van der Waals surface area contributed by atoms with Crippen molar-refractivity contribution in [1.82, 2.24) is 14.8 Å². The van der Waals surface area contributed by atoms with Crippen molar-refractivity contribution in [2.24, 2.45) is 0 Å². The smallest absolute Gasteiger partial charge is 0.258 e. The molecular formula is C15H9Cl3N4O. The number of aromatic nitrogens is 3. The molecule has 0 atom stereocenters. The van der Waals surface area contributed by atoms with E-state index in [1.165, 1.54) is 10.7 Å². The first-order valence-electron chi connectivity index (χ1n) is 6.47. The zero-order valence-electron chi connectivity index (χ0n) is 11.5. The minimum absolute atomic E-state index is 0.266. The van der Waals surface area contributed by atoms with Crippen LogP contribution in [0.25, 0.3) is 5.82 Å². The minimum Gasteiger partial charge on any atom is -0.305 e. The average Bonchev–Trinajstić information content (AvgIpc) is 2.95. The second-order valence-corrected chi connectivity index (χ2v) is 5.78. The summed E-state index contributed by atoms with van der Waals surface area (Å²) in [6.07, 6.45) is 3.25. The lowest BCUT2D eigenvalue weighted by atomic mass is 10.2. The van der Waals surface area contributed by atoms with Crippen LogP contribution in [0.1, 0.15) is 10.4 Å². The Balaban J connectivity index is 1.82. The van der Waals surface area contributed by atoms with Crippen LogP contribution in [0.2, 0.25) is 15.1 Å². The number of halogens is 3. The predicted octanol–water partition coefficient (Wildman–Crippen LogP) is 4.48. The van der Waals surface area contributed by atoms with Gasteiger partial charge in [0.2, 0.25) is 0 Å². The molecule has 116 valence electrons. The van der Waals surface area contributed by atoms with E-state index in [2.05, 4.69) is 15.4 Å². The van der Waals surface area contributed by atoms with E-state index in [9.17, 15) is 4.79 Å². The first-order chi connectivity index (χ1) is 11.0. The van der Waals surface area contributed by atoms with Crippen LogP contribution in [0.5, 0.6) is 0 Å². The molecule has 2 aromatic heterocycles. The number of nitrogens with zero attached hydrogens (tertiary/aromatic N) is 3. The van der Waals surface area contributed by atoms with Crippen molar-refractivity contribution in [1.29, 1.82) is 0 Å². The summed E-state index contributed by atoms with van der Waals surface area (Å²) in [7, 11) is 0. The normalized spacial score (nSPS) is 10.6. The van der Waals surface area contributed by atoms with Gasteiger partial charge < -0.3 is 5.32 Å². The van der Waals surface area contributed by atoms with E-state index in [0.29, 0.717) is 27.2 Å². The molecule has 2 heterocycles. The van der Waals surface area contributed by atoms with E-state index in [4.69, 9.17) is 34.8 Å². The van der Waals surface area contributed by atoms with Crippen molar-refractivity contribution in [3.63, 3.8) is 0 Å². The third kappa shape index (κ3) is 3.47. The van der Waals surface area contributed by atoms with Crippen LogP contribution in [-0.2, 0) is 0 Å². The average molecular weight is 368 g/mol. The summed E-state index contributed by atoms with van der Waals surface area (Å²) >= 11 is 17.9. The van der Waals surface area contributed by atoms with Gasteiger partial charge in [0.1, 0.15) is 0 Å². The quantitative estimate of drug-likeness (QED) is 0.742. The summed E-state index contributed by atoms with van der Waals surface area (Å²) in [5.74, 6) is 0.436. The lowest BCUT2D eigenvalue weighted by molar-refractivity contribution is 0.102. The number of pyridine rings is 1. The molecule has 1 amide bonds. The summed E-state index contributed by atoms with van der Waals surface area (Å²) in [5, 5.41) is 8.06. The van der Waals surface area contributed by atoms with Crippen LogP contribution in [0.4, 0.5) is 5.82 Å². The van der Waals surface area contributed by atoms with Crippen molar-refractivity contribution in [3.8, 4) is 5.82 Å². The molecule has 1 N–H and O–H groups in total. The first-order valence-corrected chi connectivity index (χ1v) is 7.61. The van der Waals surface area contributed by atoms with Gasteiger partial charge in [-0.05, 0) is 30.3 Å². The van der Waals surface area contributed by atoms with Crippen molar-refractivity contribution in [2.45, 2.75) is 0 Å². The summed E-state index contributed by atoms with van der Waals surface area (Å²) in [4.78, 5) is 16.4. The molecule has 0 saturated heterocycles.